The zero-order valence-corrected chi connectivity index (χ0v) is 12.2. The third kappa shape index (κ3) is 3.69. The van der Waals surface area contributed by atoms with Gasteiger partial charge in [-0.05, 0) is 5.56 Å². The molecular formula is C15H17N3O4. The molecule has 0 radical (unpaired) electrons. The zero-order chi connectivity index (χ0) is 16.1. The molecule has 7 nitrogen and oxygen atoms in total. The average molecular weight is 303 g/mol. The summed E-state index contributed by atoms with van der Waals surface area (Å²) in [6, 6.07) is 8.70. The molecule has 1 heterocycles. The van der Waals surface area contributed by atoms with E-state index in [2.05, 4.69) is 10.4 Å². The van der Waals surface area contributed by atoms with Gasteiger partial charge in [-0.15, -0.1) is 0 Å². The molecule has 1 aromatic rings. The van der Waals surface area contributed by atoms with Crippen molar-refractivity contribution in [2.75, 3.05) is 13.6 Å². The summed E-state index contributed by atoms with van der Waals surface area (Å²) in [6.45, 7) is -0.0329. The molecule has 22 heavy (non-hydrogen) atoms. The smallest absolute Gasteiger partial charge is 0.312 e. The number of nitrogens with one attached hydrogen (secondary N) is 1. The summed E-state index contributed by atoms with van der Waals surface area (Å²) in [6.07, 6.45) is 0.488. The van der Waals surface area contributed by atoms with Crippen molar-refractivity contribution in [2.24, 2.45) is 5.10 Å². The SMILES string of the molecule is CN1N=C(C(=O)NCC(C(=O)O)c2ccccc2)CCC1=O. The fourth-order valence-electron chi connectivity index (χ4n) is 2.16. The largest absolute Gasteiger partial charge is 0.481 e. The Hall–Kier alpha value is -2.70. The summed E-state index contributed by atoms with van der Waals surface area (Å²) < 4.78 is 0. The number of carboxylic acids is 1. The molecule has 7 heteroatoms. The lowest BCUT2D eigenvalue weighted by Crippen LogP contribution is -2.40. The van der Waals surface area contributed by atoms with Gasteiger partial charge in [0.15, 0.2) is 0 Å². The lowest BCUT2D eigenvalue weighted by molar-refractivity contribution is -0.138. The Morgan fingerprint density at radius 1 is 1.32 bits per heavy atom. The Balaban J connectivity index is 2.01. The highest BCUT2D eigenvalue weighted by atomic mass is 16.4. The number of hydrogen-bond acceptors (Lipinski definition) is 4. The van der Waals surface area contributed by atoms with Crippen molar-refractivity contribution in [2.45, 2.75) is 18.8 Å². The summed E-state index contributed by atoms with van der Waals surface area (Å²) in [7, 11) is 1.48. The van der Waals surface area contributed by atoms with Crippen LogP contribution in [-0.4, -0.2) is 47.2 Å². The Morgan fingerprint density at radius 2 is 2.00 bits per heavy atom. The van der Waals surface area contributed by atoms with Crippen LogP contribution >= 0.6 is 0 Å². The van der Waals surface area contributed by atoms with Gasteiger partial charge in [-0.3, -0.25) is 14.4 Å². The van der Waals surface area contributed by atoms with Gasteiger partial charge >= 0.3 is 5.97 Å². The maximum Gasteiger partial charge on any atom is 0.312 e. The van der Waals surface area contributed by atoms with Crippen molar-refractivity contribution in [3.63, 3.8) is 0 Å². The number of carboxylic acid groups (broad SMARTS) is 1. The fourth-order valence-corrected chi connectivity index (χ4v) is 2.16. The van der Waals surface area contributed by atoms with Crippen LogP contribution in [0.25, 0.3) is 0 Å². The molecule has 0 aromatic heterocycles. The number of benzene rings is 1. The van der Waals surface area contributed by atoms with Gasteiger partial charge in [0.2, 0.25) is 5.91 Å². The highest BCUT2D eigenvalue weighted by Crippen LogP contribution is 2.15. The Morgan fingerprint density at radius 3 is 2.59 bits per heavy atom. The van der Waals surface area contributed by atoms with Crippen molar-refractivity contribution < 1.29 is 19.5 Å². The summed E-state index contributed by atoms with van der Waals surface area (Å²) in [5, 5.41) is 16.9. The summed E-state index contributed by atoms with van der Waals surface area (Å²) in [4.78, 5) is 34.7. The van der Waals surface area contributed by atoms with Gasteiger partial charge in [0, 0.05) is 26.4 Å². The number of aliphatic carboxylic acids is 1. The quantitative estimate of drug-likeness (QED) is 0.831. The normalized spacial score (nSPS) is 16.0. The molecule has 0 spiro atoms. The van der Waals surface area contributed by atoms with E-state index in [1.807, 2.05) is 0 Å². The van der Waals surface area contributed by atoms with E-state index in [0.717, 1.165) is 5.01 Å². The molecule has 1 atom stereocenters. The third-order valence-corrected chi connectivity index (χ3v) is 3.44. The first-order chi connectivity index (χ1) is 10.5. The van der Waals surface area contributed by atoms with Crippen molar-refractivity contribution in [3.8, 4) is 0 Å². The minimum atomic E-state index is -1.01. The summed E-state index contributed by atoms with van der Waals surface area (Å²) >= 11 is 0. The van der Waals surface area contributed by atoms with E-state index < -0.39 is 17.8 Å². The molecule has 0 bridgehead atoms. The Labute approximate surface area is 127 Å². The van der Waals surface area contributed by atoms with Crippen LogP contribution in [0.3, 0.4) is 0 Å². The Bertz CT molecular complexity index is 612. The lowest BCUT2D eigenvalue weighted by Gasteiger charge is -2.20. The van der Waals surface area contributed by atoms with E-state index in [-0.39, 0.29) is 31.0 Å². The van der Waals surface area contributed by atoms with Crippen LogP contribution in [0.15, 0.2) is 35.4 Å². The molecular weight excluding hydrogens is 286 g/mol. The summed E-state index contributed by atoms with van der Waals surface area (Å²) in [5.74, 6) is -2.43. The Kier molecular flexibility index (Phi) is 4.88. The number of carbonyl (C=O) groups excluding carboxylic acids is 2. The molecule has 2 N–H and O–H groups in total. The van der Waals surface area contributed by atoms with Crippen LogP contribution < -0.4 is 5.32 Å². The second-order valence-corrected chi connectivity index (χ2v) is 4.98. The molecule has 1 aliphatic rings. The number of carbonyl (C=O) groups is 3. The number of amides is 2. The monoisotopic (exact) mass is 303 g/mol. The van der Waals surface area contributed by atoms with E-state index in [0.29, 0.717) is 5.56 Å². The number of hydrogen-bond donors (Lipinski definition) is 2. The predicted molar refractivity (Wildman–Crippen MR) is 79.3 cm³/mol. The molecule has 0 fully saturated rings. The maximum atomic E-state index is 12.0. The average Bonchev–Trinajstić information content (AvgIpc) is 2.50. The highest BCUT2D eigenvalue weighted by Gasteiger charge is 2.24. The molecule has 1 unspecified atom stereocenters. The van der Waals surface area contributed by atoms with Crippen molar-refractivity contribution in [3.05, 3.63) is 35.9 Å². The van der Waals surface area contributed by atoms with Crippen LogP contribution in [0, 0.1) is 0 Å². The summed E-state index contributed by atoms with van der Waals surface area (Å²) in [5.41, 5.74) is 0.854. The minimum absolute atomic E-state index is 0.0329. The van der Waals surface area contributed by atoms with Crippen LogP contribution in [-0.2, 0) is 14.4 Å². The predicted octanol–water partition coefficient (Wildman–Crippen LogP) is 0.579. The highest BCUT2D eigenvalue weighted by molar-refractivity contribution is 6.39. The van der Waals surface area contributed by atoms with Crippen LogP contribution in [0.1, 0.15) is 24.3 Å². The van der Waals surface area contributed by atoms with Crippen molar-refractivity contribution >= 4 is 23.5 Å². The first-order valence-corrected chi connectivity index (χ1v) is 6.89. The molecule has 0 saturated heterocycles. The van der Waals surface area contributed by atoms with Crippen LogP contribution in [0.5, 0.6) is 0 Å². The molecule has 1 aromatic carbocycles. The second-order valence-electron chi connectivity index (χ2n) is 4.98. The maximum absolute atomic E-state index is 12.0. The van der Waals surface area contributed by atoms with E-state index >= 15 is 0 Å². The standard InChI is InChI=1S/C15H17N3O4/c1-18-13(19)8-7-12(17-18)14(20)16-9-11(15(21)22)10-5-3-2-4-6-10/h2-6,11H,7-9H2,1H3,(H,16,20)(H,21,22). The van der Waals surface area contributed by atoms with Gasteiger partial charge in [0.25, 0.3) is 5.91 Å². The van der Waals surface area contributed by atoms with Gasteiger partial charge in [-0.2, -0.15) is 5.10 Å². The van der Waals surface area contributed by atoms with Crippen molar-refractivity contribution in [1.29, 1.82) is 0 Å². The first-order valence-electron chi connectivity index (χ1n) is 6.89. The molecule has 0 saturated carbocycles. The van der Waals surface area contributed by atoms with Crippen molar-refractivity contribution in [1.82, 2.24) is 10.3 Å². The number of nitrogens with zero attached hydrogens (tertiary/aromatic N) is 2. The third-order valence-electron chi connectivity index (χ3n) is 3.44. The fraction of sp³-hybridized carbons (Fsp3) is 0.333. The van der Waals surface area contributed by atoms with Gasteiger partial charge in [-0.25, -0.2) is 5.01 Å². The molecule has 2 rings (SSSR count). The zero-order valence-electron chi connectivity index (χ0n) is 12.2. The lowest BCUT2D eigenvalue weighted by atomic mass is 9.99. The van der Waals surface area contributed by atoms with Crippen LogP contribution in [0.4, 0.5) is 0 Å². The molecule has 0 aliphatic carbocycles. The molecule has 116 valence electrons. The second kappa shape index (κ2) is 6.84. The number of rotatable bonds is 5. The first kappa shape index (κ1) is 15.7. The van der Waals surface area contributed by atoms with E-state index in [1.165, 1.54) is 7.05 Å². The van der Waals surface area contributed by atoms with E-state index in [1.54, 1.807) is 30.3 Å². The van der Waals surface area contributed by atoms with E-state index in [9.17, 15) is 19.5 Å². The van der Waals surface area contributed by atoms with Gasteiger partial charge in [-0.1, -0.05) is 30.3 Å². The minimum Gasteiger partial charge on any atom is -0.481 e. The molecule has 1 aliphatic heterocycles. The van der Waals surface area contributed by atoms with Gasteiger partial charge < -0.3 is 10.4 Å². The van der Waals surface area contributed by atoms with Gasteiger partial charge in [0.05, 0.1) is 5.92 Å². The topological polar surface area (TPSA) is 99.1 Å². The van der Waals surface area contributed by atoms with Gasteiger partial charge in [0.1, 0.15) is 5.71 Å². The molecule has 2 amide bonds. The van der Waals surface area contributed by atoms with E-state index in [4.69, 9.17) is 0 Å². The number of hydrazone groups is 1. The van der Waals surface area contributed by atoms with Crippen LogP contribution in [0.2, 0.25) is 0 Å².